The van der Waals surface area contributed by atoms with Gasteiger partial charge in [0, 0.05) is 5.56 Å². The van der Waals surface area contributed by atoms with Gasteiger partial charge in [0.2, 0.25) is 0 Å². The number of nitrogens with one attached hydrogen (secondary N) is 1. The predicted octanol–water partition coefficient (Wildman–Crippen LogP) is 3.64. The van der Waals surface area contributed by atoms with Crippen molar-refractivity contribution >= 4 is 16.9 Å². The monoisotopic (exact) mass is 292 g/mol. The van der Waals surface area contributed by atoms with E-state index in [1.54, 1.807) is 0 Å². The maximum atomic E-state index is 6.11. The third-order valence-corrected chi connectivity index (χ3v) is 4.78. The summed E-state index contributed by atoms with van der Waals surface area (Å²) in [6.07, 6.45) is 3.32. The topological polar surface area (TPSA) is 67.6 Å². The first-order valence-corrected chi connectivity index (χ1v) is 7.86. The number of benzene rings is 1. The minimum Gasteiger partial charge on any atom is -0.384 e. The van der Waals surface area contributed by atoms with Crippen LogP contribution in [-0.4, -0.2) is 15.2 Å². The molecule has 22 heavy (non-hydrogen) atoms. The van der Waals surface area contributed by atoms with Gasteiger partial charge in [-0.15, -0.1) is 0 Å². The van der Waals surface area contributed by atoms with Gasteiger partial charge in [0.15, 0.2) is 5.65 Å². The van der Waals surface area contributed by atoms with Gasteiger partial charge in [-0.25, -0.2) is 4.98 Å². The predicted molar refractivity (Wildman–Crippen MR) is 89.7 cm³/mol. The highest BCUT2D eigenvalue weighted by Crippen LogP contribution is 2.38. The fourth-order valence-corrected chi connectivity index (χ4v) is 3.59. The molecule has 0 bridgehead atoms. The maximum absolute atomic E-state index is 6.11. The summed E-state index contributed by atoms with van der Waals surface area (Å²) in [7, 11) is 0. The molecule has 2 heterocycles. The average molecular weight is 292 g/mol. The number of aryl methyl sites for hydroxylation is 1. The molecule has 0 saturated carbocycles. The Morgan fingerprint density at radius 2 is 2.05 bits per heavy atom. The second kappa shape index (κ2) is 4.83. The summed E-state index contributed by atoms with van der Waals surface area (Å²) in [5.74, 6) is 1.32. The summed E-state index contributed by atoms with van der Waals surface area (Å²) in [5, 5.41) is 8.23. The van der Waals surface area contributed by atoms with Gasteiger partial charge in [-0.1, -0.05) is 31.2 Å². The van der Waals surface area contributed by atoms with Crippen molar-refractivity contribution in [2.75, 3.05) is 5.73 Å². The van der Waals surface area contributed by atoms with Crippen molar-refractivity contribution < 1.29 is 0 Å². The van der Waals surface area contributed by atoms with Crippen molar-refractivity contribution in [2.24, 2.45) is 5.92 Å². The molecule has 4 nitrogen and oxygen atoms in total. The maximum Gasteiger partial charge on any atom is 0.183 e. The van der Waals surface area contributed by atoms with Crippen molar-refractivity contribution in [3.63, 3.8) is 0 Å². The number of aromatic amines is 1. The lowest BCUT2D eigenvalue weighted by Crippen LogP contribution is -2.14. The van der Waals surface area contributed by atoms with Gasteiger partial charge in [-0.3, -0.25) is 5.10 Å². The van der Waals surface area contributed by atoms with E-state index >= 15 is 0 Å². The van der Waals surface area contributed by atoms with Crippen LogP contribution in [0.2, 0.25) is 0 Å². The Bertz CT molecular complexity index is 863. The molecule has 1 aliphatic rings. The van der Waals surface area contributed by atoms with Crippen molar-refractivity contribution in [2.45, 2.75) is 33.1 Å². The molecule has 1 aromatic carbocycles. The Kier molecular flexibility index (Phi) is 2.93. The van der Waals surface area contributed by atoms with E-state index in [1.807, 2.05) is 0 Å². The summed E-state index contributed by atoms with van der Waals surface area (Å²) < 4.78 is 0. The number of aromatic nitrogens is 3. The van der Waals surface area contributed by atoms with E-state index in [9.17, 15) is 0 Å². The van der Waals surface area contributed by atoms with Crippen LogP contribution in [0.5, 0.6) is 0 Å². The lowest BCUT2D eigenvalue weighted by atomic mass is 9.81. The van der Waals surface area contributed by atoms with Crippen molar-refractivity contribution in [1.29, 1.82) is 0 Å². The van der Waals surface area contributed by atoms with Crippen molar-refractivity contribution in [3.8, 4) is 11.3 Å². The van der Waals surface area contributed by atoms with Crippen LogP contribution in [0.3, 0.4) is 0 Å². The summed E-state index contributed by atoms with van der Waals surface area (Å²) in [5.41, 5.74) is 13.1. The van der Waals surface area contributed by atoms with E-state index in [2.05, 4.69) is 48.3 Å². The SMILES string of the molecule is Cc1ccccc1-c1nc2n[nH]c(N)c2c2c1CCC(C)C2. The van der Waals surface area contributed by atoms with Crippen LogP contribution in [0.4, 0.5) is 5.82 Å². The number of pyridine rings is 1. The number of nitrogens with two attached hydrogens (primary N) is 1. The molecular formula is C18H20N4. The fraction of sp³-hybridized carbons (Fsp3) is 0.333. The highest BCUT2D eigenvalue weighted by atomic mass is 15.2. The van der Waals surface area contributed by atoms with Gasteiger partial charge in [-0.05, 0) is 48.8 Å². The summed E-state index contributed by atoms with van der Waals surface area (Å²) >= 11 is 0. The summed E-state index contributed by atoms with van der Waals surface area (Å²) in [4.78, 5) is 4.84. The van der Waals surface area contributed by atoms with E-state index in [0.29, 0.717) is 11.7 Å². The standard InChI is InChI=1S/C18H20N4/c1-10-7-8-13-14(9-10)15-17(19)21-22-18(15)20-16(13)12-6-4-3-5-11(12)2/h3-6,10H,7-9H2,1-2H3,(H3,19,20,21,22). The van der Waals surface area contributed by atoms with Crippen LogP contribution >= 0.6 is 0 Å². The summed E-state index contributed by atoms with van der Waals surface area (Å²) in [6.45, 7) is 4.44. The molecule has 0 saturated heterocycles. The molecule has 1 unspecified atom stereocenters. The van der Waals surface area contributed by atoms with Gasteiger partial charge in [-0.2, -0.15) is 5.10 Å². The van der Waals surface area contributed by atoms with Gasteiger partial charge >= 0.3 is 0 Å². The number of rotatable bonds is 1. The van der Waals surface area contributed by atoms with E-state index in [4.69, 9.17) is 10.7 Å². The molecule has 0 radical (unpaired) electrons. The largest absolute Gasteiger partial charge is 0.384 e. The molecule has 112 valence electrons. The molecule has 0 aliphatic heterocycles. The van der Waals surface area contributed by atoms with Crippen LogP contribution in [0.25, 0.3) is 22.3 Å². The minimum absolute atomic E-state index is 0.643. The molecule has 4 rings (SSSR count). The number of nitrogen functional groups attached to an aromatic ring is 1. The first-order chi connectivity index (χ1) is 10.6. The first-order valence-electron chi connectivity index (χ1n) is 7.86. The van der Waals surface area contributed by atoms with E-state index in [0.717, 1.165) is 29.6 Å². The van der Waals surface area contributed by atoms with E-state index < -0.39 is 0 Å². The molecule has 0 spiro atoms. The highest BCUT2D eigenvalue weighted by molar-refractivity contribution is 5.93. The van der Waals surface area contributed by atoms with Crippen molar-refractivity contribution in [1.82, 2.24) is 15.2 Å². The third-order valence-electron chi connectivity index (χ3n) is 4.78. The molecule has 3 aromatic rings. The Balaban J connectivity index is 2.06. The van der Waals surface area contributed by atoms with Crippen LogP contribution in [-0.2, 0) is 12.8 Å². The number of hydrogen-bond acceptors (Lipinski definition) is 3. The molecule has 4 heteroatoms. The first kappa shape index (κ1) is 13.3. The zero-order chi connectivity index (χ0) is 15.3. The zero-order valence-electron chi connectivity index (χ0n) is 13.0. The summed E-state index contributed by atoms with van der Waals surface area (Å²) in [6, 6.07) is 8.43. The van der Waals surface area contributed by atoms with Gasteiger partial charge in [0.05, 0.1) is 11.1 Å². The van der Waals surface area contributed by atoms with Crippen LogP contribution in [0.15, 0.2) is 24.3 Å². The van der Waals surface area contributed by atoms with E-state index in [-0.39, 0.29) is 0 Å². The molecule has 0 fully saturated rings. The molecular weight excluding hydrogens is 272 g/mol. The highest BCUT2D eigenvalue weighted by Gasteiger charge is 2.25. The second-order valence-electron chi connectivity index (χ2n) is 6.42. The zero-order valence-corrected chi connectivity index (χ0v) is 13.0. The Labute approximate surface area is 129 Å². The van der Waals surface area contributed by atoms with E-state index in [1.165, 1.54) is 28.7 Å². The fourth-order valence-electron chi connectivity index (χ4n) is 3.59. The van der Waals surface area contributed by atoms with Crippen LogP contribution in [0.1, 0.15) is 30.0 Å². The minimum atomic E-state index is 0.643. The third kappa shape index (κ3) is 1.90. The number of nitrogens with zero attached hydrogens (tertiary/aromatic N) is 2. The second-order valence-corrected chi connectivity index (χ2v) is 6.42. The van der Waals surface area contributed by atoms with Crippen molar-refractivity contribution in [3.05, 3.63) is 41.0 Å². The lowest BCUT2D eigenvalue weighted by molar-refractivity contribution is 0.503. The number of hydrogen-bond donors (Lipinski definition) is 2. The average Bonchev–Trinajstić information content (AvgIpc) is 2.88. The normalized spacial score (nSPS) is 17.6. The molecule has 2 aromatic heterocycles. The lowest BCUT2D eigenvalue weighted by Gasteiger charge is -2.24. The van der Waals surface area contributed by atoms with Gasteiger partial charge < -0.3 is 5.73 Å². The molecule has 3 N–H and O–H groups in total. The van der Waals surface area contributed by atoms with Gasteiger partial charge in [0.25, 0.3) is 0 Å². The van der Waals surface area contributed by atoms with Gasteiger partial charge in [0.1, 0.15) is 5.82 Å². The molecule has 0 amide bonds. The Hall–Kier alpha value is -2.36. The molecule has 1 aliphatic carbocycles. The number of anilines is 1. The molecule has 1 atom stereocenters. The smallest absolute Gasteiger partial charge is 0.183 e. The Morgan fingerprint density at radius 3 is 2.86 bits per heavy atom. The van der Waals surface area contributed by atoms with Crippen LogP contribution in [0, 0.1) is 12.8 Å². The quantitative estimate of drug-likeness (QED) is 0.719. The number of H-pyrrole nitrogens is 1. The van der Waals surface area contributed by atoms with Crippen LogP contribution < -0.4 is 5.73 Å². The number of fused-ring (bicyclic) bond motifs is 3. The Morgan fingerprint density at radius 1 is 1.23 bits per heavy atom.